The number of hydrogen-bond donors (Lipinski definition) is 1. The smallest absolute Gasteiger partial charge is 0.223 e. The van der Waals surface area contributed by atoms with Crippen LogP contribution in [0, 0.1) is 6.92 Å². The zero-order chi connectivity index (χ0) is 17.9. The fourth-order valence-electron chi connectivity index (χ4n) is 3.80. The van der Waals surface area contributed by atoms with Gasteiger partial charge in [0.2, 0.25) is 5.95 Å². The SMILES string of the molecule is C/C=C(/c1ccn2nccc2c1)c1cnc(NC2CCCCC2)nc1C.P.[HH]. The van der Waals surface area contributed by atoms with Crippen LogP contribution in [0.4, 0.5) is 5.95 Å². The molecule has 3 aromatic heterocycles. The van der Waals surface area contributed by atoms with E-state index in [1.807, 2.05) is 29.2 Å². The maximum atomic E-state index is 4.73. The van der Waals surface area contributed by atoms with Crippen molar-refractivity contribution < 1.29 is 1.43 Å². The van der Waals surface area contributed by atoms with Gasteiger partial charge in [-0.1, -0.05) is 25.3 Å². The van der Waals surface area contributed by atoms with E-state index in [0.29, 0.717) is 6.04 Å². The Bertz CT molecular complexity index is 947. The fraction of sp³-hybridized carbons (Fsp3) is 0.381. The second kappa shape index (κ2) is 8.62. The third-order valence-corrected chi connectivity index (χ3v) is 5.21. The molecule has 0 amide bonds. The van der Waals surface area contributed by atoms with Gasteiger partial charge in [-0.15, -0.1) is 0 Å². The van der Waals surface area contributed by atoms with Gasteiger partial charge in [0.1, 0.15) is 0 Å². The Morgan fingerprint density at radius 1 is 1.26 bits per heavy atom. The first-order chi connectivity index (χ1) is 12.7. The van der Waals surface area contributed by atoms with E-state index < -0.39 is 0 Å². The molecule has 6 heteroatoms. The topological polar surface area (TPSA) is 55.1 Å². The minimum Gasteiger partial charge on any atom is -0.351 e. The van der Waals surface area contributed by atoms with Gasteiger partial charge in [-0.3, -0.25) is 0 Å². The van der Waals surface area contributed by atoms with Crippen LogP contribution in [0.25, 0.3) is 11.1 Å². The minimum absolute atomic E-state index is 0. The van der Waals surface area contributed by atoms with Crippen LogP contribution in [-0.2, 0) is 0 Å². The van der Waals surface area contributed by atoms with Gasteiger partial charge in [0.05, 0.1) is 11.2 Å². The second-order valence-corrected chi connectivity index (χ2v) is 6.99. The van der Waals surface area contributed by atoms with Crippen LogP contribution < -0.4 is 5.32 Å². The zero-order valence-corrected chi connectivity index (χ0v) is 17.6. The van der Waals surface area contributed by atoms with Crippen molar-refractivity contribution in [2.24, 2.45) is 0 Å². The Morgan fingerprint density at radius 2 is 2.07 bits per heavy atom. The average Bonchev–Trinajstić information content (AvgIpc) is 3.13. The molecule has 0 spiro atoms. The first kappa shape index (κ1) is 19.5. The van der Waals surface area contributed by atoms with E-state index in [0.717, 1.165) is 33.9 Å². The Kier molecular flexibility index (Phi) is 6.22. The molecule has 144 valence electrons. The quantitative estimate of drug-likeness (QED) is 0.649. The van der Waals surface area contributed by atoms with E-state index in [2.05, 4.69) is 47.5 Å². The summed E-state index contributed by atoms with van der Waals surface area (Å²) in [5, 5.41) is 7.78. The van der Waals surface area contributed by atoms with Gasteiger partial charge in [-0.2, -0.15) is 15.0 Å². The lowest BCUT2D eigenvalue weighted by Gasteiger charge is -2.23. The van der Waals surface area contributed by atoms with Gasteiger partial charge in [-0.05, 0) is 56.0 Å². The van der Waals surface area contributed by atoms with E-state index >= 15 is 0 Å². The molecule has 1 saturated carbocycles. The van der Waals surface area contributed by atoms with Gasteiger partial charge < -0.3 is 5.32 Å². The number of anilines is 1. The lowest BCUT2D eigenvalue weighted by Crippen LogP contribution is -2.23. The molecule has 27 heavy (non-hydrogen) atoms. The molecule has 3 heterocycles. The minimum atomic E-state index is 0. The van der Waals surface area contributed by atoms with Crippen molar-refractivity contribution in [2.45, 2.75) is 52.0 Å². The third kappa shape index (κ3) is 4.19. The molecule has 3 aromatic rings. The molecule has 5 nitrogen and oxygen atoms in total. The number of nitrogens with zero attached hydrogens (tertiary/aromatic N) is 4. The molecule has 1 fully saturated rings. The molecular formula is C21H30N5P. The van der Waals surface area contributed by atoms with E-state index in [4.69, 9.17) is 4.98 Å². The summed E-state index contributed by atoms with van der Waals surface area (Å²) < 4.78 is 1.87. The summed E-state index contributed by atoms with van der Waals surface area (Å²) in [5.74, 6) is 0.750. The highest BCUT2D eigenvalue weighted by atomic mass is 31.0. The number of pyridine rings is 1. The number of aromatic nitrogens is 4. The van der Waals surface area contributed by atoms with Crippen molar-refractivity contribution in [1.82, 2.24) is 19.6 Å². The van der Waals surface area contributed by atoms with Crippen LogP contribution in [0.5, 0.6) is 0 Å². The maximum Gasteiger partial charge on any atom is 0.223 e. The zero-order valence-electron chi connectivity index (χ0n) is 16.2. The second-order valence-electron chi connectivity index (χ2n) is 6.99. The molecule has 1 aliphatic rings. The lowest BCUT2D eigenvalue weighted by molar-refractivity contribution is 0.460. The van der Waals surface area contributed by atoms with Gasteiger partial charge in [0.15, 0.2) is 0 Å². The summed E-state index contributed by atoms with van der Waals surface area (Å²) in [5.41, 5.74) is 5.46. The normalized spacial score (nSPS) is 15.6. The van der Waals surface area contributed by atoms with Crippen molar-refractivity contribution in [3.05, 3.63) is 59.7 Å². The molecule has 1 atom stereocenters. The third-order valence-electron chi connectivity index (χ3n) is 5.21. The highest BCUT2D eigenvalue weighted by Gasteiger charge is 2.16. The number of fused-ring (bicyclic) bond motifs is 1. The highest BCUT2D eigenvalue weighted by molar-refractivity contribution is 6.92. The molecule has 1 N–H and O–H groups in total. The molecule has 0 aliphatic heterocycles. The van der Waals surface area contributed by atoms with Crippen LogP contribution >= 0.6 is 9.90 Å². The van der Waals surface area contributed by atoms with Crippen LogP contribution in [0.15, 0.2) is 42.9 Å². The van der Waals surface area contributed by atoms with Crippen molar-refractivity contribution in [1.29, 1.82) is 0 Å². The summed E-state index contributed by atoms with van der Waals surface area (Å²) in [6.45, 7) is 4.12. The van der Waals surface area contributed by atoms with E-state index in [1.54, 1.807) is 0 Å². The van der Waals surface area contributed by atoms with E-state index in [1.165, 1.54) is 32.1 Å². The molecule has 0 aromatic carbocycles. The number of aryl methyl sites for hydroxylation is 1. The van der Waals surface area contributed by atoms with Gasteiger partial charge in [-0.25, -0.2) is 14.5 Å². The average molecular weight is 383 g/mol. The first-order valence-corrected chi connectivity index (χ1v) is 9.45. The fourth-order valence-corrected chi connectivity index (χ4v) is 3.80. The summed E-state index contributed by atoms with van der Waals surface area (Å²) in [6, 6.07) is 6.76. The van der Waals surface area contributed by atoms with Crippen molar-refractivity contribution in [3.63, 3.8) is 0 Å². The Balaban J connectivity index is 0.00000140. The van der Waals surface area contributed by atoms with E-state index in [9.17, 15) is 0 Å². The Hall–Kier alpha value is -2.26. The largest absolute Gasteiger partial charge is 0.351 e. The molecule has 1 unspecified atom stereocenters. The van der Waals surface area contributed by atoms with Crippen LogP contribution in [0.1, 0.15) is 57.3 Å². The molecule has 1 aliphatic carbocycles. The predicted molar refractivity (Wildman–Crippen MR) is 118 cm³/mol. The molecular weight excluding hydrogens is 353 g/mol. The molecule has 4 rings (SSSR count). The van der Waals surface area contributed by atoms with Crippen molar-refractivity contribution in [2.75, 3.05) is 5.32 Å². The summed E-state index contributed by atoms with van der Waals surface area (Å²) >= 11 is 0. The number of hydrogen-bond acceptors (Lipinski definition) is 4. The Morgan fingerprint density at radius 3 is 2.81 bits per heavy atom. The molecule has 0 saturated heterocycles. The lowest BCUT2D eigenvalue weighted by atomic mass is 9.96. The van der Waals surface area contributed by atoms with Crippen molar-refractivity contribution in [3.8, 4) is 0 Å². The predicted octanol–water partition coefficient (Wildman–Crippen LogP) is 4.93. The Labute approximate surface area is 165 Å². The first-order valence-electron chi connectivity index (χ1n) is 9.45. The number of allylic oxidation sites excluding steroid dienone is 1. The summed E-state index contributed by atoms with van der Waals surface area (Å²) in [4.78, 5) is 9.33. The monoisotopic (exact) mass is 383 g/mol. The van der Waals surface area contributed by atoms with E-state index in [-0.39, 0.29) is 11.3 Å². The van der Waals surface area contributed by atoms with Gasteiger partial charge in [0.25, 0.3) is 0 Å². The number of nitrogens with one attached hydrogen (secondary N) is 1. The van der Waals surface area contributed by atoms with Crippen molar-refractivity contribution >= 4 is 26.9 Å². The molecule has 0 bridgehead atoms. The number of rotatable bonds is 4. The van der Waals surface area contributed by atoms with Crippen LogP contribution in [0.2, 0.25) is 0 Å². The maximum absolute atomic E-state index is 4.73. The van der Waals surface area contributed by atoms with Gasteiger partial charge in [0, 0.05) is 31.6 Å². The molecule has 0 radical (unpaired) electrons. The highest BCUT2D eigenvalue weighted by Crippen LogP contribution is 2.27. The summed E-state index contributed by atoms with van der Waals surface area (Å²) in [7, 11) is 0. The van der Waals surface area contributed by atoms with Crippen LogP contribution in [0.3, 0.4) is 0 Å². The van der Waals surface area contributed by atoms with Gasteiger partial charge >= 0.3 is 0 Å². The van der Waals surface area contributed by atoms with Crippen LogP contribution in [-0.4, -0.2) is 25.6 Å². The summed E-state index contributed by atoms with van der Waals surface area (Å²) in [6.07, 6.45) is 14.3. The standard InChI is InChI=1S/C21H25N5.H3P.H2/c1-3-19(16-10-12-26-18(13-16)9-11-23-26)20-14-22-21(24-15(20)2)25-17-7-5-4-6-8-17;;/h3,9-14,17H,4-8H2,1-2H3,(H,22,24,25);1H3;1H/b19-3-;;.